The van der Waals surface area contributed by atoms with Crippen LogP contribution in [0.2, 0.25) is 0 Å². The first-order chi connectivity index (χ1) is 8.43. The summed E-state index contributed by atoms with van der Waals surface area (Å²) in [6, 6.07) is 4.28. The van der Waals surface area contributed by atoms with Crippen LogP contribution in [-0.4, -0.2) is 19.1 Å². The van der Waals surface area contributed by atoms with Gasteiger partial charge in [0.15, 0.2) is 0 Å². The number of alkyl halides is 3. The van der Waals surface area contributed by atoms with E-state index in [1.807, 2.05) is 0 Å². The van der Waals surface area contributed by atoms with Crippen molar-refractivity contribution in [3.63, 3.8) is 0 Å². The van der Waals surface area contributed by atoms with Gasteiger partial charge in [0.25, 0.3) is 0 Å². The highest BCUT2D eigenvalue weighted by Crippen LogP contribution is 2.40. The molecule has 0 aromatic heterocycles. The van der Waals surface area contributed by atoms with Gasteiger partial charge >= 0.3 is 6.18 Å². The molecule has 1 unspecified atom stereocenters. The van der Waals surface area contributed by atoms with Crippen molar-refractivity contribution in [3.8, 4) is 0 Å². The molecule has 0 aliphatic carbocycles. The molecule has 6 heteroatoms. The monoisotopic (exact) mass is 322 g/mol. The van der Waals surface area contributed by atoms with Crippen molar-refractivity contribution in [2.45, 2.75) is 25.1 Å². The Morgan fingerprint density at radius 2 is 2.11 bits per heavy atom. The maximum absolute atomic E-state index is 13.0. The fraction of sp³-hybridized carbons (Fsp3) is 0.500. The van der Waals surface area contributed by atoms with Crippen LogP contribution in [0.15, 0.2) is 22.7 Å². The lowest BCUT2D eigenvalue weighted by Crippen LogP contribution is -2.36. The van der Waals surface area contributed by atoms with Gasteiger partial charge in [-0.15, -0.1) is 0 Å². The molecule has 1 aromatic rings. The molecule has 1 fully saturated rings. The molecule has 1 saturated heterocycles. The highest BCUT2D eigenvalue weighted by Gasteiger charge is 2.37. The lowest BCUT2D eigenvalue weighted by Gasteiger charge is -2.28. The van der Waals surface area contributed by atoms with Crippen molar-refractivity contribution < 1.29 is 13.2 Å². The first-order valence-corrected chi connectivity index (χ1v) is 6.56. The largest absolute Gasteiger partial charge is 0.418 e. The number of benzene rings is 1. The van der Waals surface area contributed by atoms with Gasteiger partial charge in [0.1, 0.15) is 0 Å². The maximum atomic E-state index is 13.0. The minimum absolute atomic E-state index is 0.00674. The van der Waals surface area contributed by atoms with Gasteiger partial charge in [0.2, 0.25) is 0 Å². The smallest absolute Gasteiger partial charge is 0.367 e. The third-order valence-corrected chi connectivity index (χ3v) is 3.72. The van der Waals surface area contributed by atoms with E-state index in [2.05, 4.69) is 15.9 Å². The van der Waals surface area contributed by atoms with Gasteiger partial charge in [0, 0.05) is 29.3 Å². The van der Waals surface area contributed by atoms with Gasteiger partial charge < -0.3 is 10.6 Å². The minimum atomic E-state index is -4.35. The highest BCUT2D eigenvalue weighted by atomic mass is 79.9. The Hall–Kier alpha value is -0.750. The fourth-order valence-electron chi connectivity index (χ4n) is 2.38. The molecule has 0 bridgehead atoms. The van der Waals surface area contributed by atoms with Crippen LogP contribution in [0.3, 0.4) is 0 Å². The van der Waals surface area contributed by atoms with Crippen LogP contribution in [0.25, 0.3) is 0 Å². The molecule has 2 rings (SSSR count). The lowest BCUT2D eigenvalue weighted by molar-refractivity contribution is -0.137. The molecule has 2 N–H and O–H groups in total. The van der Waals surface area contributed by atoms with Crippen LogP contribution in [0.4, 0.5) is 18.9 Å². The van der Waals surface area contributed by atoms with Gasteiger partial charge in [-0.25, -0.2) is 0 Å². The van der Waals surface area contributed by atoms with Crippen LogP contribution in [0.5, 0.6) is 0 Å². The summed E-state index contributed by atoms with van der Waals surface area (Å²) < 4.78 is 39.5. The Balaban J connectivity index is 2.44. The summed E-state index contributed by atoms with van der Waals surface area (Å²) in [4.78, 5) is 1.77. The second-order valence-electron chi connectivity index (χ2n) is 4.38. The van der Waals surface area contributed by atoms with E-state index in [1.165, 1.54) is 6.07 Å². The third-order valence-electron chi connectivity index (χ3n) is 3.22. The molecule has 0 radical (unpaired) electrons. The molecule has 0 spiro atoms. The van der Waals surface area contributed by atoms with Gasteiger partial charge in [-0.2, -0.15) is 13.2 Å². The topological polar surface area (TPSA) is 29.3 Å². The number of hydrogen-bond donors (Lipinski definition) is 1. The van der Waals surface area contributed by atoms with Crippen LogP contribution < -0.4 is 10.6 Å². The summed E-state index contributed by atoms with van der Waals surface area (Å²) in [5.74, 6) is 0. The van der Waals surface area contributed by atoms with E-state index in [0.717, 1.165) is 18.9 Å². The van der Waals surface area contributed by atoms with Crippen LogP contribution >= 0.6 is 15.9 Å². The highest BCUT2D eigenvalue weighted by molar-refractivity contribution is 9.10. The first-order valence-electron chi connectivity index (χ1n) is 5.77. The van der Waals surface area contributed by atoms with Crippen molar-refractivity contribution >= 4 is 21.6 Å². The van der Waals surface area contributed by atoms with Crippen molar-refractivity contribution in [2.75, 3.05) is 18.0 Å². The van der Waals surface area contributed by atoms with E-state index >= 15 is 0 Å². The average molecular weight is 323 g/mol. The SMILES string of the molecule is NCC1CCCN1c1ccc(Br)cc1C(F)(F)F. The quantitative estimate of drug-likeness (QED) is 0.904. The van der Waals surface area contributed by atoms with Crippen LogP contribution in [-0.2, 0) is 6.18 Å². The zero-order chi connectivity index (χ0) is 13.3. The van der Waals surface area contributed by atoms with E-state index in [0.29, 0.717) is 17.6 Å². The van der Waals surface area contributed by atoms with Crippen molar-refractivity contribution in [1.29, 1.82) is 0 Å². The van der Waals surface area contributed by atoms with Gasteiger partial charge in [-0.1, -0.05) is 15.9 Å². The van der Waals surface area contributed by atoms with E-state index in [-0.39, 0.29) is 11.7 Å². The predicted octanol–water partition coefficient (Wildman–Crippen LogP) is 3.40. The molecule has 18 heavy (non-hydrogen) atoms. The summed E-state index contributed by atoms with van der Waals surface area (Å²) in [5, 5.41) is 0. The van der Waals surface area contributed by atoms with Crippen molar-refractivity contribution in [1.82, 2.24) is 0 Å². The standard InChI is InChI=1S/C12H14BrF3N2/c13-8-3-4-11(10(6-8)12(14,15)16)18-5-1-2-9(18)7-17/h3-4,6,9H,1-2,5,7,17H2. The normalized spacial score (nSPS) is 20.5. The van der Waals surface area contributed by atoms with Crippen molar-refractivity contribution in [2.24, 2.45) is 5.73 Å². The summed E-state index contributed by atoms with van der Waals surface area (Å²) >= 11 is 3.09. The zero-order valence-electron chi connectivity index (χ0n) is 9.67. The molecule has 100 valence electrons. The number of hydrogen-bond acceptors (Lipinski definition) is 2. The summed E-state index contributed by atoms with van der Waals surface area (Å²) in [5.41, 5.74) is 5.25. The maximum Gasteiger partial charge on any atom is 0.418 e. The number of anilines is 1. The van der Waals surface area contributed by atoms with Crippen LogP contribution in [0.1, 0.15) is 18.4 Å². The zero-order valence-corrected chi connectivity index (χ0v) is 11.3. The Bertz CT molecular complexity index is 434. The first kappa shape index (κ1) is 13.7. The molecule has 0 saturated carbocycles. The third kappa shape index (κ3) is 2.64. The fourth-order valence-corrected chi connectivity index (χ4v) is 2.74. The number of nitrogens with zero attached hydrogens (tertiary/aromatic N) is 1. The van der Waals surface area contributed by atoms with E-state index < -0.39 is 11.7 Å². The Kier molecular flexibility index (Phi) is 3.87. The number of nitrogens with two attached hydrogens (primary N) is 1. The molecule has 1 aromatic carbocycles. The lowest BCUT2D eigenvalue weighted by atomic mass is 10.1. The second-order valence-corrected chi connectivity index (χ2v) is 5.30. The second kappa shape index (κ2) is 5.09. The summed E-state index contributed by atoms with van der Waals surface area (Å²) in [7, 11) is 0. The molecular weight excluding hydrogens is 309 g/mol. The van der Waals surface area contributed by atoms with Gasteiger partial charge in [-0.05, 0) is 31.0 Å². The number of rotatable bonds is 2. The van der Waals surface area contributed by atoms with Gasteiger partial charge in [0.05, 0.1) is 5.56 Å². The average Bonchev–Trinajstić information content (AvgIpc) is 2.75. The van der Waals surface area contributed by atoms with E-state index in [9.17, 15) is 13.2 Å². The number of halogens is 4. The van der Waals surface area contributed by atoms with E-state index in [4.69, 9.17) is 5.73 Å². The summed E-state index contributed by atoms with van der Waals surface area (Å²) in [6.07, 6.45) is -2.61. The molecular formula is C12H14BrF3N2. The predicted molar refractivity (Wildman–Crippen MR) is 68.6 cm³/mol. The molecule has 1 atom stereocenters. The summed E-state index contributed by atoms with van der Waals surface area (Å²) in [6.45, 7) is 1.01. The molecule has 1 aliphatic heterocycles. The van der Waals surface area contributed by atoms with Gasteiger partial charge in [-0.3, -0.25) is 0 Å². The molecule has 2 nitrogen and oxygen atoms in total. The molecule has 0 amide bonds. The van der Waals surface area contributed by atoms with Crippen molar-refractivity contribution in [3.05, 3.63) is 28.2 Å². The minimum Gasteiger partial charge on any atom is -0.367 e. The Morgan fingerprint density at radius 1 is 1.39 bits per heavy atom. The van der Waals surface area contributed by atoms with E-state index in [1.54, 1.807) is 11.0 Å². The molecule has 1 heterocycles. The molecule has 1 aliphatic rings. The Morgan fingerprint density at radius 3 is 2.72 bits per heavy atom. The van der Waals surface area contributed by atoms with Crippen LogP contribution in [0, 0.1) is 0 Å². The Labute approximate surface area is 112 Å².